The largest absolute Gasteiger partial charge is 0.465 e. The van der Waals surface area contributed by atoms with Crippen molar-refractivity contribution in [1.82, 2.24) is 10.2 Å². The molecule has 0 aliphatic heterocycles. The number of hydrogen-bond acceptors (Lipinski definition) is 5. The number of rotatable bonds is 3. The number of esters is 2. The van der Waals surface area contributed by atoms with Crippen LogP contribution in [0.2, 0.25) is 0 Å². The molecule has 0 fully saturated rings. The van der Waals surface area contributed by atoms with Gasteiger partial charge in [-0.15, -0.1) is 0 Å². The Hall–Kier alpha value is -2.63. The van der Waals surface area contributed by atoms with Crippen LogP contribution in [0.5, 0.6) is 0 Å². The SMILES string of the molecule is COC(=O)c1[nH]nc(-c2ccccc2)c1C(=O)OC. The van der Waals surface area contributed by atoms with Gasteiger partial charge in [0, 0.05) is 5.56 Å². The lowest BCUT2D eigenvalue weighted by Gasteiger charge is -2.03. The number of aromatic nitrogens is 2. The second-order valence-corrected chi connectivity index (χ2v) is 3.67. The van der Waals surface area contributed by atoms with Crippen molar-refractivity contribution in [3.63, 3.8) is 0 Å². The molecule has 0 aliphatic rings. The molecule has 0 atom stereocenters. The summed E-state index contributed by atoms with van der Waals surface area (Å²) >= 11 is 0. The first kappa shape index (κ1) is 12.8. The molecule has 0 spiro atoms. The maximum atomic E-state index is 11.8. The van der Waals surface area contributed by atoms with Gasteiger partial charge in [0.1, 0.15) is 11.3 Å². The van der Waals surface area contributed by atoms with Gasteiger partial charge in [-0.2, -0.15) is 5.10 Å². The van der Waals surface area contributed by atoms with Crippen LogP contribution in [0.3, 0.4) is 0 Å². The highest BCUT2D eigenvalue weighted by atomic mass is 16.5. The van der Waals surface area contributed by atoms with Crippen LogP contribution in [0.4, 0.5) is 0 Å². The molecule has 1 aromatic carbocycles. The van der Waals surface area contributed by atoms with Crippen LogP contribution in [0.15, 0.2) is 30.3 Å². The molecule has 98 valence electrons. The van der Waals surface area contributed by atoms with Crippen molar-refractivity contribution in [1.29, 1.82) is 0 Å². The third-order valence-electron chi connectivity index (χ3n) is 2.59. The predicted molar refractivity (Wildman–Crippen MR) is 66.7 cm³/mol. The lowest BCUT2D eigenvalue weighted by atomic mass is 10.1. The van der Waals surface area contributed by atoms with Crippen molar-refractivity contribution in [3.8, 4) is 11.3 Å². The molecule has 0 amide bonds. The van der Waals surface area contributed by atoms with Gasteiger partial charge in [0.2, 0.25) is 0 Å². The van der Waals surface area contributed by atoms with Crippen LogP contribution in [0.1, 0.15) is 20.8 Å². The van der Waals surface area contributed by atoms with E-state index in [-0.39, 0.29) is 11.3 Å². The van der Waals surface area contributed by atoms with Gasteiger partial charge < -0.3 is 9.47 Å². The standard InChI is InChI=1S/C13H12N2O4/c1-18-12(16)9-10(8-6-4-3-5-7-8)14-15-11(9)13(17)19-2/h3-7H,1-2H3,(H,14,15). The van der Waals surface area contributed by atoms with E-state index in [1.54, 1.807) is 12.1 Å². The van der Waals surface area contributed by atoms with Crippen molar-refractivity contribution in [2.45, 2.75) is 0 Å². The summed E-state index contributed by atoms with van der Waals surface area (Å²) in [4.78, 5) is 23.4. The molecule has 6 nitrogen and oxygen atoms in total. The third-order valence-corrected chi connectivity index (χ3v) is 2.59. The number of ether oxygens (including phenoxy) is 2. The van der Waals surface area contributed by atoms with Gasteiger partial charge in [-0.1, -0.05) is 30.3 Å². The number of methoxy groups -OCH3 is 2. The van der Waals surface area contributed by atoms with Gasteiger partial charge in [-0.05, 0) is 0 Å². The minimum Gasteiger partial charge on any atom is -0.465 e. The van der Waals surface area contributed by atoms with Crippen LogP contribution in [-0.4, -0.2) is 36.4 Å². The van der Waals surface area contributed by atoms with Crippen LogP contribution >= 0.6 is 0 Å². The molecule has 0 saturated carbocycles. The summed E-state index contributed by atoms with van der Waals surface area (Å²) in [7, 11) is 2.47. The maximum absolute atomic E-state index is 11.8. The quantitative estimate of drug-likeness (QED) is 0.848. The average Bonchev–Trinajstić information content (AvgIpc) is 2.91. The smallest absolute Gasteiger partial charge is 0.356 e. The van der Waals surface area contributed by atoms with Crippen LogP contribution < -0.4 is 0 Å². The van der Waals surface area contributed by atoms with E-state index in [1.807, 2.05) is 18.2 Å². The molecule has 0 bridgehead atoms. The summed E-state index contributed by atoms with van der Waals surface area (Å²) in [5.41, 5.74) is 1.11. The molecule has 19 heavy (non-hydrogen) atoms. The molecule has 1 heterocycles. The van der Waals surface area contributed by atoms with Gasteiger partial charge in [0.25, 0.3) is 0 Å². The van der Waals surface area contributed by atoms with Gasteiger partial charge >= 0.3 is 11.9 Å². The topological polar surface area (TPSA) is 81.3 Å². The van der Waals surface area contributed by atoms with E-state index in [0.717, 1.165) is 0 Å². The Morgan fingerprint density at radius 3 is 2.26 bits per heavy atom. The Morgan fingerprint density at radius 1 is 1.05 bits per heavy atom. The fraction of sp³-hybridized carbons (Fsp3) is 0.154. The second-order valence-electron chi connectivity index (χ2n) is 3.67. The Labute approximate surface area is 109 Å². The van der Waals surface area contributed by atoms with Crippen LogP contribution in [0, 0.1) is 0 Å². The zero-order valence-corrected chi connectivity index (χ0v) is 10.5. The number of carbonyl (C=O) groups is 2. The van der Waals surface area contributed by atoms with Crippen LogP contribution in [-0.2, 0) is 9.47 Å². The maximum Gasteiger partial charge on any atom is 0.356 e. The van der Waals surface area contributed by atoms with E-state index >= 15 is 0 Å². The predicted octanol–water partition coefficient (Wildman–Crippen LogP) is 1.65. The Bertz CT molecular complexity index is 604. The van der Waals surface area contributed by atoms with Gasteiger partial charge in [0.05, 0.1) is 14.2 Å². The van der Waals surface area contributed by atoms with Crippen LogP contribution in [0.25, 0.3) is 11.3 Å². The van der Waals surface area contributed by atoms with Gasteiger partial charge in [-0.3, -0.25) is 5.10 Å². The molecule has 1 aromatic heterocycles. The first-order valence-corrected chi connectivity index (χ1v) is 5.49. The molecule has 2 rings (SSSR count). The summed E-state index contributed by atoms with van der Waals surface area (Å²) in [6.07, 6.45) is 0. The van der Waals surface area contributed by atoms with E-state index in [1.165, 1.54) is 14.2 Å². The average molecular weight is 260 g/mol. The Kier molecular flexibility index (Phi) is 3.61. The highest BCUT2D eigenvalue weighted by Gasteiger charge is 2.26. The number of H-pyrrole nitrogens is 1. The zero-order chi connectivity index (χ0) is 13.8. The molecule has 0 radical (unpaired) electrons. The lowest BCUT2D eigenvalue weighted by Crippen LogP contribution is -2.11. The Morgan fingerprint density at radius 2 is 1.68 bits per heavy atom. The van der Waals surface area contributed by atoms with Crippen molar-refractivity contribution >= 4 is 11.9 Å². The van der Waals surface area contributed by atoms with Crippen molar-refractivity contribution in [2.75, 3.05) is 14.2 Å². The highest BCUT2D eigenvalue weighted by molar-refractivity contribution is 6.06. The van der Waals surface area contributed by atoms with E-state index in [0.29, 0.717) is 11.3 Å². The third kappa shape index (κ3) is 2.33. The lowest BCUT2D eigenvalue weighted by molar-refractivity contribution is 0.0552. The van der Waals surface area contributed by atoms with Crippen molar-refractivity contribution < 1.29 is 19.1 Å². The van der Waals surface area contributed by atoms with E-state index in [4.69, 9.17) is 0 Å². The van der Waals surface area contributed by atoms with Crippen molar-refractivity contribution in [3.05, 3.63) is 41.6 Å². The number of aromatic amines is 1. The summed E-state index contributed by atoms with van der Waals surface area (Å²) < 4.78 is 9.29. The number of nitrogens with zero attached hydrogens (tertiary/aromatic N) is 1. The zero-order valence-electron chi connectivity index (χ0n) is 10.5. The molecule has 0 unspecified atom stereocenters. The molecular formula is C13H12N2O4. The molecule has 0 aliphatic carbocycles. The minimum atomic E-state index is -0.671. The normalized spacial score (nSPS) is 10.0. The van der Waals surface area contributed by atoms with E-state index in [2.05, 4.69) is 19.7 Å². The molecule has 1 N–H and O–H groups in total. The molecule has 0 saturated heterocycles. The monoisotopic (exact) mass is 260 g/mol. The van der Waals surface area contributed by atoms with E-state index in [9.17, 15) is 9.59 Å². The fourth-order valence-electron chi connectivity index (χ4n) is 1.70. The van der Waals surface area contributed by atoms with Crippen molar-refractivity contribution in [2.24, 2.45) is 0 Å². The second kappa shape index (κ2) is 5.34. The van der Waals surface area contributed by atoms with Gasteiger partial charge in [0.15, 0.2) is 5.69 Å². The van der Waals surface area contributed by atoms with E-state index < -0.39 is 11.9 Å². The summed E-state index contributed by atoms with van der Waals surface area (Å²) in [6.45, 7) is 0. The molecule has 6 heteroatoms. The molecular weight excluding hydrogens is 248 g/mol. The Balaban J connectivity index is 2.60. The number of benzene rings is 1. The summed E-state index contributed by atoms with van der Waals surface area (Å²) in [5.74, 6) is -1.32. The highest BCUT2D eigenvalue weighted by Crippen LogP contribution is 2.24. The number of hydrogen-bond donors (Lipinski definition) is 1. The first-order chi connectivity index (χ1) is 9.19. The fourth-order valence-corrected chi connectivity index (χ4v) is 1.70. The first-order valence-electron chi connectivity index (χ1n) is 5.49. The summed E-state index contributed by atoms with van der Waals surface area (Å²) in [5, 5.41) is 6.51. The molecule has 2 aromatic rings. The number of carbonyl (C=O) groups excluding carboxylic acids is 2. The summed E-state index contributed by atoms with van der Waals surface area (Å²) in [6, 6.07) is 9.02. The minimum absolute atomic E-state index is 0.0202. The number of nitrogens with one attached hydrogen (secondary N) is 1. The van der Waals surface area contributed by atoms with Gasteiger partial charge in [-0.25, -0.2) is 9.59 Å².